The summed E-state index contributed by atoms with van der Waals surface area (Å²) in [6.45, 7) is 0. The predicted octanol–water partition coefficient (Wildman–Crippen LogP) is 0.497. The van der Waals surface area contributed by atoms with Gasteiger partial charge in [-0.2, -0.15) is 0 Å². The van der Waals surface area contributed by atoms with Crippen molar-refractivity contribution in [1.82, 2.24) is 0 Å². The van der Waals surface area contributed by atoms with E-state index in [2.05, 4.69) is 0 Å². The molecule has 0 saturated carbocycles. The lowest BCUT2D eigenvalue weighted by Gasteiger charge is -1.62. The Bertz CT molecular complexity index is 106. The molecule has 0 unspecified atom stereocenters. The highest BCUT2D eigenvalue weighted by Gasteiger charge is 1.60. The average molecular weight is 110 g/mol. The van der Waals surface area contributed by atoms with E-state index in [1.54, 1.807) is 0 Å². The first-order valence-corrected chi connectivity index (χ1v) is 2.14. The molecule has 0 aliphatic heterocycles. The molecule has 8 heavy (non-hydrogen) atoms. The molecule has 0 aromatic carbocycles. The fourth-order valence-corrected chi connectivity index (χ4v) is 0.219. The molecule has 2 nitrogen and oxygen atoms in total. The number of rotatable bonds is 3. The van der Waals surface area contributed by atoms with Crippen LogP contribution in [-0.2, 0) is 9.59 Å². The van der Waals surface area contributed by atoms with Gasteiger partial charge in [-0.15, -0.1) is 0 Å². The monoisotopic (exact) mass is 110 g/mol. The summed E-state index contributed by atoms with van der Waals surface area (Å²) in [5.74, 6) is 0. The summed E-state index contributed by atoms with van der Waals surface area (Å²) >= 11 is 0. The largest absolute Gasteiger partial charge is 0.299 e. The molecule has 0 amide bonds. The minimum atomic E-state index is 0.648. The van der Waals surface area contributed by atoms with E-state index in [1.807, 2.05) is 0 Å². The zero-order valence-corrected chi connectivity index (χ0v) is 4.28. The minimum Gasteiger partial charge on any atom is -0.299 e. The molecule has 0 saturated heterocycles. The summed E-state index contributed by atoms with van der Waals surface area (Å²) in [7, 11) is 0. The van der Waals surface area contributed by atoms with Gasteiger partial charge in [-0.25, -0.2) is 0 Å². The fraction of sp³-hybridized carbons (Fsp3) is 0. The number of hydrogen-bond acceptors (Lipinski definition) is 2. The van der Waals surface area contributed by atoms with Gasteiger partial charge in [-0.1, -0.05) is 12.2 Å². The molecular weight excluding hydrogens is 104 g/mol. The van der Waals surface area contributed by atoms with Gasteiger partial charge in [0.2, 0.25) is 0 Å². The zero-order chi connectivity index (χ0) is 6.24. The van der Waals surface area contributed by atoms with Crippen LogP contribution >= 0.6 is 0 Å². The van der Waals surface area contributed by atoms with Crippen molar-refractivity contribution in [3.63, 3.8) is 0 Å². The van der Waals surface area contributed by atoms with Crippen molar-refractivity contribution < 1.29 is 9.59 Å². The van der Waals surface area contributed by atoms with Gasteiger partial charge in [0.15, 0.2) is 0 Å². The van der Waals surface area contributed by atoms with Gasteiger partial charge < -0.3 is 0 Å². The van der Waals surface area contributed by atoms with E-state index >= 15 is 0 Å². The second-order valence-electron chi connectivity index (χ2n) is 1.04. The highest BCUT2D eigenvalue weighted by molar-refractivity contribution is 5.68. The maximum Gasteiger partial charge on any atom is 0.142 e. The Kier molecular flexibility index (Phi) is 4.96. The van der Waals surface area contributed by atoms with Crippen LogP contribution < -0.4 is 0 Å². The van der Waals surface area contributed by atoms with E-state index in [0.29, 0.717) is 12.6 Å². The molecule has 0 heterocycles. The number of carbonyl (C=O) groups excluding carboxylic acids is 2. The van der Waals surface area contributed by atoms with Crippen molar-refractivity contribution >= 4 is 12.6 Å². The van der Waals surface area contributed by atoms with Gasteiger partial charge >= 0.3 is 0 Å². The van der Waals surface area contributed by atoms with E-state index in [4.69, 9.17) is 0 Å². The third-order valence-electron chi connectivity index (χ3n) is 0.490. The standard InChI is InChI=1S/C6H6O2/c7-5-3-1-2-4-6-8/h1-6H/b3-1-,4-2-. The van der Waals surface area contributed by atoms with E-state index < -0.39 is 0 Å². The minimum absolute atomic E-state index is 0.648. The lowest BCUT2D eigenvalue weighted by atomic mass is 10.4. The second kappa shape index (κ2) is 5.82. The Morgan fingerprint density at radius 2 is 1.00 bits per heavy atom. The molecule has 0 rings (SSSR count). The van der Waals surface area contributed by atoms with E-state index in [0.717, 1.165) is 0 Å². The van der Waals surface area contributed by atoms with Crippen molar-refractivity contribution in [3.05, 3.63) is 24.3 Å². The molecule has 0 radical (unpaired) electrons. The summed E-state index contributed by atoms with van der Waals surface area (Å²) in [5.41, 5.74) is 0. The number of carbonyl (C=O) groups is 2. The SMILES string of the molecule is O=C/C=C\C=C/C=O. The van der Waals surface area contributed by atoms with E-state index in [9.17, 15) is 9.59 Å². The highest BCUT2D eigenvalue weighted by atomic mass is 16.1. The average Bonchev–Trinajstić information content (AvgIpc) is 1.81. The lowest BCUT2D eigenvalue weighted by molar-refractivity contribution is -0.104. The van der Waals surface area contributed by atoms with Crippen molar-refractivity contribution in [3.8, 4) is 0 Å². The molecule has 0 N–H and O–H groups in total. The first-order chi connectivity index (χ1) is 3.91. The van der Waals surface area contributed by atoms with Crippen molar-refractivity contribution in [2.45, 2.75) is 0 Å². The van der Waals surface area contributed by atoms with Crippen LogP contribution in [-0.4, -0.2) is 12.6 Å². The van der Waals surface area contributed by atoms with Crippen molar-refractivity contribution in [2.24, 2.45) is 0 Å². The molecule has 0 aliphatic rings. The normalized spacial score (nSPS) is 10.5. The Balaban J connectivity index is 3.41. The topological polar surface area (TPSA) is 34.1 Å². The van der Waals surface area contributed by atoms with Crippen molar-refractivity contribution in [2.75, 3.05) is 0 Å². The number of allylic oxidation sites excluding steroid dienone is 4. The maximum atomic E-state index is 9.56. The van der Waals surface area contributed by atoms with Gasteiger partial charge in [0.05, 0.1) is 0 Å². The smallest absolute Gasteiger partial charge is 0.142 e. The Labute approximate surface area is 47.5 Å². The lowest BCUT2D eigenvalue weighted by Crippen LogP contribution is -1.58. The Morgan fingerprint density at radius 1 is 0.625 bits per heavy atom. The van der Waals surface area contributed by atoms with Crippen LogP contribution in [0.5, 0.6) is 0 Å². The molecular formula is C6H6O2. The number of aldehydes is 2. The van der Waals surface area contributed by atoms with Crippen LogP contribution in [0.4, 0.5) is 0 Å². The van der Waals surface area contributed by atoms with Crippen LogP contribution in [0.15, 0.2) is 24.3 Å². The quantitative estimate of drug-likeness (QED) is 0.301. The molecule has 0 aromatic heterocycles. The number of hydrogen-bond donors (Lipinski definition) is 0. The summed E-state index contributed by atoms with van der Waals surface area (Å²) < 4.78 is 0. The van der Waals surface area contributed by atoms with Crippen LogP contribution in [0.1, 0.15) is 0 Å². The van der Waals surface area contributed by atoms with Crippen LogP contribution in [0, 0.1) is 0 Å². The molecule has 0 aromatic rings. The van der Waals surface area contributed by atoms with E-state index in [1.165, 1.54) is 24.3 Å². The van der Waals surface area contributed by atoms with Crippen LogP contribution in [0.3, 0.4) is 0 Å². The van der Waals surface area contributed by atoms with Gasteiger partial charge in [-0.05, 0) is 12.2 Å². The molecule has 0 atom stereocenters. The molecule has 0 spiro atoms. The third-order valence-corrected chi connectivity index (χ3v) is 0.490. The summed E-state index contributed by atoms with van der Waals surface area (Å²) in [5, 5.41) is 0. The molecule has 0 aliphatic carbocycles. The third kappa shape index (κ3) is 4.82. The van der Waals surface area contributed by atoms with Gasteiger partial charge in [0.1, 0.15) is 12.6 Å². The van der Waals surface area contributed by atoms with Gasteiger partial charge in [0.25, 0.3) is 0 Å². The van der Waals surface area contributed by atoms with Crippen LogP contribution in [0.2, 0.25) is 0 Å². The van der Waals surface area contributed by atoms with Crippen molar-refractivity contribution in [1.29, 1.82) is 0 Å². The summed E-state index contributed by atoms with van der Waals surface area (Å²) in [6, 6.07) is 0. The molecule has 0 fully saturated rings. The van der Waals surface area contributed by atoms with Crippen LogP contribution in [0.25, 0.3) is 0 Å². The molecule has 2 heteroatoms. The van der Waals surface area contributed by atoms with Gasteiger partial charge in [-0.3, -0.25) is 9.59 Å². The van der Waals surface area contributed by atoms with Gasteiger partial charge in [0, 0.05) is 0 Å². The predicted molar refractivity (Wildman–Crippen MR) is 30.4 cm³/mol. The molecule has 42 valence electrons. The zero-order valence-electron chi connectivity index (χ0n) is 4.28. The summed E-state index contributed by atoms with van der Waals surface area (Å²) in [6.07, 6.45) is 6.88. The first kappa shape index (κ1) is 6.82. The molecule has 0 bridgehead atoms. The second-order valence-corrected chi connectivity index (χ2v) is 1.04. The first-order valence-electron chi connectivity index (χ1n) is 2.14. The van der Waals surface area contributed by atoms with E-state index in [-0.39, 0.29) is 0 Å². The Morgan fingerprint density at radius 3 is 1.25 bits per heavy atom. The Hall–Kier alpha value is -1.18. The maximum absolute atomic E-state index is 9.56. The summed E-state index contributed by atoms with van der Waals surface area (Å²) in [4.78, 5) is 19.1. The fourth-order valence-electron chi connectivity index (χ4n) is 0.219. The highest BCUT2D eigenvalue weighted by Crippen LogP contribution is 1.69.